The van der Waals surface area contributed by atoms with Crippen LogP contribution in [0.4, 0.5) is 32.3 Å². The van der Waals surface area contributed by atoms with Crippen LogP contribution >= 0.6 is 0 Å². The molecule has 0 spiro atoms. The Morgan fingerprint density at radius 2 is 1.72 bits per heavy atom. The topological polar surface area (TPSA) is 108 Å². The molecule has 0 radical (unpaired) electrons. The maximum Gasteiger partial charge on any atom is 0.534 e. The van der Waals surface area contributed by atoms with E-state index >= 15 is 0 Å². The monoisotopic (exact) mass is 388 g/mol. The van der Waals surface area contributed by atoms with Crippen LogP contribution in [0.25, 0.3) is 11.3 Å². The number of aromatic nitrogens is 3. The van der Waals surface area contributed by atoms with Gasteiger partial charge < -0.3 is 9.92 Å². The molecule has 0 saturated heterocycles. The van der Waals surface area contributed by atoms with Crippen LogP contribution in [0.3, 0.4) is 0 Å². The van der Waals surface area contributed by atoms with Gasteiger partial charge in [-0.3, -0.25) is 0 Å². The van der Waals surface area contributed by atoms with Crippen LogP contribution < -0.4 is 9.92 Å². The van der Waals surface area contributed by atoms with Crippen LogP contribution in [-0.4, -0.2) is 29.1 Å². The Morgan fingerprint density at radius 1 is 1.08 bits per heavy atom. The zero-order valence-electron chi connectivity index (χ0n) is 11.6. The van der Waals surface area contributed by atoms with Crippen molar-refractivity contribution in [1.82, 2.24) is 15.2 Å². The molecule has 1 aromatic heterocycles. The van der Waals surface area contributed by atoms with Gasteiger partial charge in [0.05, 0.1) is 17.5 Å². The number of nitrogen functional groups attached to an aromatic ring is 1. The van der Waals surface area contributed by atoms with E-state index in [0.29, 0.717) is 12.1 Å². The predicted molar refractivity (Wildman–Crippen MR) is 70.3 cm³/mol. The first-order valence-corrected chi connectivity index (χ1v) is 7.39. The van der Waals surface area contributed by atoms with Crippen molar-refractivity contribution < 1.29 is 38.9 Å². The summed E-state index contributed by atoms with van der Waals surface area (Å²) in [7, 11) is -6.12. The summed E-state index contributed by atoms with van der Waals surface area (Å²) in [4.78, 5) is 3.53. The van der Waals surface area contributed by atoms with Gasteiger partial charge in [-0.1, -0.05) is 0 Å². The molecule has 0 aliphatic carbocycles. The number of hydrogen-bond donors (Lipinski definition) is 1. The van der Waals surface area contributed by atoms with Gasteiger partial charge in [-0.05, 0) is 18.2 Å². The fourth-order valence-electron chi connectivity index (χ4n) is 1.65. The lowest BCUT2D eigenvalue weighted by Crippen LogP contribution is -2.28. The van der Waals surface area contributed by atoms with Crippen molar-refractivity contribution in [3.63, 3.8) is 0 Å². The summed E-state index contributed by atoms with van der Waals surface area (Å²) in [5.74, 6) is -1.62. The van der Waals surface area contributed by atoms with Crippen LogP contribution in [0.2, 0.25) is 0 Å². The highest BCUT2D eigenvalue weighted by molar-refractivity contribution is 7.88. The maximum atomic E-state index is 13.2. The van der Waals surface area contributed by atoms with Crippen LogP contribution in [0, 0.1) is 0 Å². The number of alkyl halides is 6. The van der Waals surface area contributed by atoms with E-state index in [9.17, 15) is 34.8 Å². The summed E-state index contributed by atoms with van der Waals surface area (Å²) in [6.45, 7) is 0. The van der Waals surface area contributed by atoms with Gasteiger partial charge in [-0.25, -0.2) is 4.98 Å². The molecule has 0 fully saturated rings. The van der Waals surface area contributed by atoms with E-state index in [4.69, 9.17) is 5.73 Å². The third-order valence-corrected chi connectivity index (χ3v) is 3.62. The summed E-state index contributed by atoms with van der Waals surface area (Å²) in [6, 6.07) is 1.37. The van der Waals surface area contributed by atoms with E-state index in [1.54, 1.807) is 0 Å². The zero-order chi connectivity index (χ0) is 19.0. The van der Waals surface area contributed by atoms with Gasteiger partial charge in [-0.2, -0.15) is 39.9 Å². The molecular weight excluding hydrogens is 382 g/mol. The molecule has 0 bridgehead atoms. The fourth-order valence-corrected chi connectivity index (χ4v) is 2.11. The molecule has 1 aromatic carbocycles. The lowest BCUT2D eigenvalue weighted by molar-refractivity contribution is -0.137. The Labute approximate surface area is 135 Å². The highest BCUT2D eigenvalue weighted by atomic mass is 32.2. The average molecular weight is 388 g/mol. The largest absolute Gasteiger partial charge is 0.534 e. The van der Waals surface area contributed by atoms with E-state index in [1.165, 1.54) is 0 Å². The van der Waals surface area contributed by atoms with Crippen molar-refractivity contribution in [1.29, 1.82) is 0 Å². The number of nitrogens with zero attached hydrogens (tertiary/aromatic N) is 3. The number of halogens is 6. The Hall–Kier alpha value is -2.64. The van der Waals surface area contributed by atoms with Crippen LogP contribution in [0.15, 0.2) is 24.4 Å². The summed E-state index contributed by atoms with van der Waals surface area (Å²) in [6.07, 6.45) is -4.22. The number of hydrogen-bond acceptors (Lipinski definition) is 7. The molecule has 0 unspecified atom stereocenters. The minimum atomic E-state index is -6.12. The van der Waals surface area contributed by atoms with Crippen molar-refractivity contribution in [2.75, 3.05) is 5.73 Å². The Morgan fingerprint density at radius 3 is 2.24 bits per heavy atom. The number of nitrogens with two attached hydrogens (primary N) is 1. The van der Waals surface area contributed by atoms with Crippen molar-refractivity contribution in [3.8, 4) is 17.0 Å². The molecule has 0 saturated carbocycles. The van der Waals surface area contributed by atoms with Crippen LogP contribution in [0.1, 0.15) is 5.56 Å². The Kier molecular flexibility index (Phi) is 4.50. The summed E-state index contributed by atoms with van der Waals surface area (Å²) >= 11 is 0. The highest BCUT2D eigenvalue weighted by Gasteiger charge is 2.48. The van der Waals surface area contributed by atoms with E-state index in [-0.39, 0.29) is 11.8 Å². The molecule has 0 aliphatic heterocycles. The van der Waals surface area contributed by atoms with Crippen LogP contribution in [-0.2, 0) is 16.3 Å². The van der Waals surface area contributed by atoms with Gasteiger partial charge >= 0.3 is 21.8 Å². The molecule has 1 heterocycles. The van der Waals surface area contributed by atoms with Gasteiger partial charge in [0, 0.05) is 5.56 Å². The highest BCUT2D eigenvalue weighted by Crippen LogP contribution is 2.39. The smallest absolute Gasteiger partial charge is 0.376 e. The summed E-state index contributed by atoms with van der Waals surface area (Å²) < 4.78 is 102. The van der Waals surface area contributed by atoms with Gasteiger partial charge in [0.15, 0.2) is 0 Å². The van der Waals surface area contributed by atoms with Gasteiger partial charge in [0.25, 0.3) is 0 Å². The number of rotatable bonds is 3. The third kappa shape index (κ3) is 4.07. The van der Waals surface area contributed by atoms with Gasteiger partial charge in [0.1, 0.15) is 5.75 Å². The lowest BCUT2D eigenvalue weighted by Gasteiger charge is -2.15. The first-order chi connectivity index (χ1) is 11.3. The first kappa shape index (κ1) is 18.7. The van der Waals surface area contributed by atoms with E-state index in [1.807, 2.05) is 0 Å². The number of benzene rings is 1. The fraction of sp³-hybridized carbons (Fsp3) is 0.182. The third-order valence-electron chi connectivity index (χ3n) is 2.64. The minimum absolute atomic E-state index is 0.0942. The molecule has 14 heteroatoms. The minimum Gasteiger partial charge on any atom is -0.376 e. The molecule has 2 N–H and O–H groups in total. The SMILES string of the molecule is Nc1nncc(-c2ccc(OS(=O)(=O)C(F)(F)F)cc2C(F)(F)F)n1. The number of anilines is 1. The quantitative estimate of drug-likeness (QED) is 0.489. The van der Waals surface area contributed by atoms with Crippen LogP contribution in [0.5, 0.6) is 5.75 Å². The molecule has 2 aromatic rings. The van der Waals surface area contributed by atoms with Crippen molar-refractivity contribution >= 4 is 16.1 Å². The first-order valence-electron chi connectivity index (χ1n) is 5.99. The molecule has 25 heavy (non-hydrogen) atoms. The molecule has 0 amide bonds. The van der Waals surface area contributed by atoms with Crippen molar-refractivity contribution in [2.24, 2.45) is 0 Å². The molecule has 136 valence electrons. The maximum absolute atomic E-state index is 13.2. The Balaban J connectivity index is 2.56. The van der Waals surface area contributed by atoms with E-state index in [2.05, 4.69) is 19.4 Å². The summed E-state index contributed by atoms with van der Waals surface area (Å²) in [5, 5.41) is 6.57. The molecular formula is C11H6F6N4O3S. The zero-order valence-corrected chi connectivity index (χ0v) is 12.4. The second-order valence-electron chi connectivity index (χ2n) is 4.39. The van der Waals surface area contributed by atoms with Gasteiger partial charge in [-0.15, -0.1) is 5.10 Å². The standard InChI is InChI=1S/C11H6F6N4O3S/c12-10(13,14)7-3-5(24-25(22,23)11(15,16)17)1-2-6(7)8-4-19-21-9(18)20-8/h1-4H,(H2,18,20,21). The molecule has 0 aliphatic rings. The predicted octanol–water partition coefficient (Wildman–Crippen LogP) is 2.37. The normalized spacial score (nSPS) is 12.9. The molecule has 2 rings (SSSR count). The van der Waals surface area contributed by atoms with Crippen molar-refractivity contribution in [2.45, 2.75) is 11.7 Å². The van der Waals surface area contributed by atoms with E-state index in [0.717, 1.165) is 6.20 Å². The van der Waals surface area contributed by atoms with Crippen molar-refractivity contribution in [3.05, 3.63) is 30.0 Å². The average Bonchev–Trinajstić information content (AvgIpc) is 2.44. The Bertz CT molecular complexity index is 897. The summed E-state index contributed by atoms with van der Waals surface area (Å²) in [5.41, 5.74) is -3.05. The lowest BCUT2D eigenvalue weighted by atomic mass is 10.0. The van der Waals surface area contributed by atoms with E-state index < -0.39 is 44.6 Å². The second kappa shape index (κ2) is 6.02. The molecule has 7 nitrogen and oxygen atoms in total. The second-order valence-corrected chi connectivity index (χ2v) is 5.93. The van der Waals surface area contributed by atoms with Gasteiger partial charge in [0.2, 0.25) is 5.95 Å². The molecule has 0 atom stereocenters.